The fourth-order valence-corrected chi connectivity index (χ4v) is 7.07. The van der Waals surface area contributed by atoms with E-state index in [4.69, 9.17) is 0 Å². The zero-order chi connectivity index (χ0) is 14.1. The van der Waals surface area contributed by atoms with E-state index in [1.807, 2.05) is 0 Å². The lowest BCUT2D eigenvalue weighted by molar-refractivity contribution is 0.0894. The summed E-state index contributed by atoms with van der Waals surface area (Å²) in [7, 11) is 0. The van der Waals surface area contributed by atoms with Crippen molar-refractivity contribution in [1.29, 1.82) is 0 Å². The molecule has 0 spiro atoms. The molecule has 0 aromatic heterocycles. The van der Waals surface area contributed by atoms with Gasteiger partial charge in [-0.05, 0) is 74.0 Å². The molecule has 4 fully saturated rings. The molecule has 120 valence electrons. The highest BCUT2D eigenvalue weighted by atomic mass is 14.4. The van der Waals surface area contributed by atoms with Crippen molar-refractivity contribution in [2.45, 2.75) is 96.3 Å². The lowest BCUT2D eigenvalue weighted by Crippen LogP contribution is -2.31. The fraction of sp³-hybridized carbons (Fsp3) is 1.00. The average Bonchev–Trinajstić information content (AvgIpc) is 2.96. The molecule has 0 aliphatic heterocycles. The molecular weight excluding hydrogens is 252 g/mol. The van der Waals surface area contributed by atoms with Crippen molar-refractivity contribution in [3.05, 3.63) is 0 Å². The molecule has 0 amide bonds. The van der Waals surface area contributed by atoms with E-state index in [-0.39, 0.29) is 0 Å². The maximum Gasteiger partial charge on any atom is -0.0357 e. The Morgan fingerprint density at radius 3 is 1.67 bits per heavy atom. The van der Waals surface area contributed by atoms with Gasteiger partial charge < -0.3 is 0 Å². The van der Waals surface area contributed by atoms with Crippen LogP contribution in [-0.4, -0.2) is 0 Å². The Labute approximate surface area is 132 Å². The molecule has 0 heteroatoms. The minimum absolute atomic E-state index is 1.13. The van der Waals surface area contributed by atoms with Gasteiger partial charge in [-0.15, -0.1) is 0 Å². The Morgan fingerprint density at radius 1 is 0.429 bits per heavy atom. The van der Waals surface area contributed by atoms with Crippen molar-refractivity contribution in [1.82, 2.24) is 0 Å². The van der Waals surface area contributed by atoms with Crippen molar-refractivity contribution < 1.29 is 0 Å². The Morgan fingerprint density at radius 2 is 0.952 bits per heavy atom. The third-order valence-corrected chi connectivity index (χ3v) is 8.11. The van der Waals surface area contributed by atoms with Crippen LogP contribution in [0, 0.1) is 35.5 Å². The lowest BCUT2D eigenvalue weighted by Gasteiger charge is -2.42. The summed E-state index contributed by atoms with van der Waals surface area (Å²) in [5.74, 6) is 6.87. The monoisotopic (exact) mass is 288 g/mol. The molecule has 4 aliphatic carbocycles. The average molecular weight is 289 g/mol. The minimum Gasteiger partial charge on any atom is -0.0530 e. The molecule has 4 aliphatic rings. The molecule has 0 aromatic carbocycles. The number of rotatable bonds is 3. The van der Waals surface area contributed by atoms with Crippen LogP contribution in [0.4, 0.5) is 0 Å². The molecule has 0 saturated heterocycles. The lowest BCUT2D eigenvalue weighted by atomic mass is 9.64. The van der Waals surface area contributed by atoms with E-state index in [0.29, 0.717) is 0 Å². The molecule has 0 N–H and O–H groups in total. The van der Waals surface area contributed by atoms with Gasteiger partial charge in [0.15, 0.2) is 0 Å². The third kappa shape index (κ3) is 3.06. The van der Waals surface area contributed by atoms with Crippen molar-refractivity contribution in [3.8, 4) is 0 Å². The van der Waals surface area contributed by atoms with Crippen LogP contribution in [0.5, 0.6) is 0 Å². The summed E-state index contributed by atoms with van der Waals surface area (Å²) in [6.07, 6.45) is 23.6. The van der Waals surface area contributed by atoms with Gasteiger partial charge in [-0.25, -0.2) is 0 Å². The summed E-state index contributed by atoms with van der Waals surface area (Å²) in [5, 5.41) is 0. The van der Waals surface area contributed by atoms with Crippen LogP contribution >= 0.6 is 0 Å². The first-order valence-electron chi connectivity index (χ1n) is 10.4. The second-order valence-corrected chi connectivity index (χ2v) is 9.02. The van der Waals surface area contributed by atoms with E-state index in [9.17, 15) is 0 Å². The van der Waals surface area contributed by atoms with Gasteiger partial charge in [-0.3, -0.25) is 0 Å². The number of hydrogen-bond donors (Lipinski definition) is 0. The summed E-state index contributed by atoms with van der Waals surface area (Å²) in [4.78, 5) is 0. The van der Waals surface area contributed by atoms with Gasteiger partial charge in [0.05, 0.1) is 0 Å². The molecule has 0 radical (unpaired) electrons. The van der Waals surface area contributed by atoms with Crippen molar-refractivity contribution in [2.75, 3.05) is 0 Å². The fourth-order valence-electron chi connectivity index (χ4n) is 7.07. The number of hydrogen-bond acceptors (Lipinski definition) is 0. The second-order valence-electron chi connectivity index (χ2n) is 9.02. The SMILES string of the molecule is C1CCC2C(C1)CCCC2CCC1CCC2CCCCC21. The summed E-state index contributed by atoms with van der Waals surface area (Å²) in [5.41, 5.74) is 0. The Kier molecular flexibility index (Phi) is 4.60. The van der Waals surface area contributed by atoms with E-state index >= 15 is 0 Å². The Balaban J connectivity index is 1.31. The summed E-state index contributed by atoms with van der Waals surface area (Å²) in [6.45, 7) is 0. The van der Waals surface area contributed by atoms with Crippen LogP contribution < -0.4 is 0 Å². The summed E-state index contributed by atoms with van der Waals surface area (Å²) >= 11 is 0. The van der Waals surface area contributed by atoms with Crippen molar-refractivity contribution in [3.63, 3.8) is 0 Å². The standard InChI is InChI=1S/C21H36/c1-3-10-20-16(6-1)8-5-9-18(20)13-15-19-14-12-17-7-2-4-11-21(17)19/h16-21H,1-15H2. The molecule has 4 saturated carbocycles. The van der Waals surface area contributed by atoms with Crippen LogP contribution in [0.25, 0.3) is 0 Å². The largest absolute Gasteiger partial charge is 0.0530 e. The van der Waals surface area contributed by atoms with Crippen LogP contribution in [0.2, 0.25) is 0 Å². The summed E-state index contributed by atoms with van der Waals surface area (Å²) < 4.78 is 0. The predicted octanol–water partition coefficient (Wildman–Crippen LogP) is 6.59. The molecule has 6 unspecified atom stereocenters. The Hall–Kier alpha value is 0. The van der Waals surface area contributed by atoms with E-state index in [1.165, 1.54) is 0 Å². The highest BCUT2D eigenvalue weighted by Gasteiger charge is 2.39. The van der Waals surface area contributed by atoms with Gasteiger partial charge in [-0.2, -0.15) is 0 Å². The maximum absolute atomic E-state index is 1.61. The van der Waals surface area contributed by atoms with Gasteiger partial charge >= 0.3 is 0 Å². The van der Waals surface area contributed by atoms with Gasteiger partial charge in [0.1, 0.15) is 0 Å². The van der Waals surface area contributed by atoms with Crippen LogP contribution in [-0.2, 0) is 0 Å². The van der Waals surface area contributed by atoms with Gasteiger partial charge in [0.2, 0.25) is 0 Å². The number of fused-ring (bicyclic) bond motifs is 2. The van der Waals surface area contributed by atoms with Crippen LogP contribution in [0.1, 0.15) is 96.3 Å². The molecule has 0 nitrogen and oxygen atoms in total. The van der Waals surface area contributed by atoms with E-state index < -0.39 is 0 Å². The second kappa shape index (κ2) is 6.63. The zero-order valence-corrected chi connectivity index (χ0v) is 14.1. The molecule has 0 aromatic rings. The van der Waals surface area contributed by atoms with Crippen LogP contribution in [0.3, 0.4) is 0 Å². The van der Waals surface area contributed by atoms with E-state index in [1.54, 1.807) is 96.3 Å². The van der Waals surface area contributed by atoms with Crippen molar-refractivity contribution >= 4 is 0 Å². The maximum atomic E-state index is 1.61. The van der Waals surface area contributed by atoms with Crippen molar-refractivity contribution in [2.24, 2.45) is 35.5 Å². The van der Waals surface area contributed by atoms with E-state index in [2.05, 4.69) is 0 Å². The smallest absolute Gasteiger partial charge is 0.0357 e. The quantitative estimate of drug-likeness (QED) is 0.549. The molecule has 0 heterocycles. The molecule has 0 bridgehead atoms. The van der Waals surface area contributed by atoms with Gasteiger partial charge in [0.25, 0.3) is 0 Å². The topological polar surface area (TPSA) is 0 Å². The molecule has 4 rings (SSSR count). The van der Waals surface area contributed by atoms with Gasteiger partial charge in [-0.1, -0.05) is 57.8 Å². The minimum atomic E-state index is 1.13. The predicted molar refractivity (Wildman–Crippen MR) is 90.2 cm³/mol. The molecule has 6 atom stereocenters. The summed E-state index contributed by atoms with van der Waals surface area (Å²) in [6, 6.07) is 0. The molecular formula is C21H36. The van der Waals surface area contributed by atoms with E-state index in [0.717, 1.165) is 35.5 Å². The first kappa shape index (κ1) is 14.6. The first-order chi connectivity index (χ1) is 10.4. The Bertz CT molecular complexity index is 331. The highest BCUT2D eigenvalue weighted by Crippen LogP contribution is 2.50. The molecule has 21 heavy (non-hydrogen) atoms. The third-order valence-electron chi connectivity index (χ3n) is 8.11. The normalized spacial score (nSPS) is 46.9. The van der Waals surface area contributed by atoms with Crippen LogP contribution in [0.15, 0.2) is 0 Å². The zero-order valence-electron chi connectivity index (χ0n) is 14.1. The first-order valence-corrected chi connectivity index (χ1v) is 10.4. The van der Waals surface area contributed by atoms with Gasteiger partial charge in [0, 0.05) is 0 Å². The highest BCUT2D eigenvalue weighted by molar-refractivity contribution is 4.90.